The Kier molecular flexibility index (Phi) is 5.00. The summed E-state index contributed by atoms with van der Waals surface area (Å²) in [7, 11) is 0. The molecular formula is C15H24N2O. The minimum absolute atomic E-state index is 0.358. The summed E-state index contributed by atoms with van der Waals surface area (Å²) in [6.07, 6.45) is 7.06. The van der Waals surface area contributed by atoms with Crippen LogP contribution in [0, 0.1) is 5.92 Å². The lowest BCUT2D eigenvalue weighted by Gasteiger charge is -2.27. The maximum Gasteiger partial charge on any atom is 0.218 e. The molecule has 1 aliphatic carbocycles. The molecule has 0 amide bonds. The van der Waals surface area contributed by atoms with Gasteiger partial charge in [0, 0.05) is 18.3 Å². The lowest BCUT2D eigenvalue weighted by atomic mass is 9.89. The van der Waals surface area contributed by atoms with Crippen LogP contribution < -0.4 is 10.1 Å². The fourth-order valence-corrected chi connectivity index (χ4v) is 2.43. The summed E-state index contributed by atoms with van der Waals surface area (Å²) in [6.45, 7) is 6.24. The number of aromatic nitrogens is 1. The van der Waals surface area contributed by atoms with Crippen molar-refractivity contribution in [2.75, 3.05) is 6.54 Å². The van der Waals surface area contributed by atoms with Crippen molar-refractivity contribution in [3.05, 3.63) is 23.9 Å². The number of hydrogen-bond donors (Lipinski definition) is 1. The molecule has 3 nitrogen and oxygen atoms in total. The molecule has 1 aromatic rings. The van der Waals surface area contributed by atoms with Crippen LogP contribution in [0.2, 0.25) is 0 Å². The molecule has 1 heterocycles. The standard InChI is InChI=1S/C15H24N2O/c1-3-16-11-13-5-4-10-17-15(13)18-14-8-6-12(2)7-9-14/h4-5,10,12,14,16H,3,6-9,11H2,1-2H3. The van der Waals surface area contributed by atoms with E-state index < -0.39 is 0 Å². The summed E-state index contributed by atoms with van der Waals surface area (Å²) in [5.41, 5.74) is 1.16. The molecule has 0 unspecified atom stereocenters. The zero-order valence-corrected chi connectivity index (χ0v) is 11.5. The Labute approximate surface area is 110 Å². The van der Waals surface area contributed by atoms with Crippen LogP contribution in [0.25, 0.3) is 0 Å². The molecule has 0 radical (unpaired) electrons. The molecule has 18 heavy (non-hydrogen) atoms. The normalized spacial score (nSPS) is 23.9. The fraction of sp³-hybridized carbons (Fsp3) is 0.667. The zero-order chi connectivity index (χ0) is 12.8. The number of hydrogen-bond acceptors (Lipinski definition) is 3. The summed E-state index contributed by atoms with van der Waals surface area (Å²) in [5, 5.41) is 3.33. The van der Waals surface area contributed by atoms with E-state index in [2.05, 4.69) is 30.2 Å². The van der Waals surface area contributed by atoms with E-state index in [4.69, 9.17) is 4.74 Å². The third-order valence-corrected chi connectivity index (χ3v) is 3.66. The first kappa shape index (κ1) is 13.3. The number of nitrogens with one attached hydrogen (secondary N) is 1. The van der Waals surface area contributed by atoms with E-state index in [1.807, 2.05) is 12.3 Å². The van der Waals surface area contributed by atoms with Crippen LogP contribution in [0.3, 0.4) is 0 Å². The van der Waals surface area contributed by atoms with Gasteiger partial charge in [0.2, 0.25) is 5.88 Å². The van der Waals surface area contributed by atoms with Gasteiger partial charge in [-0.15, -0.1) is 0 Å². The van der Waals surface area contributed by atoms with E-state index in [0.717, 1.165) is 30.5 Å². The van der Waals surface area contributed by atoms with Crippen LogP contribution >= 0.6 is 0 Å². The van der Waals surface area contributed by atoms with Crippen molar-refractivity contribution in [3.8, 4) is 5.88 Å². The van der Waals surface area contributed by atoms with Crippen molar-refractivity contribution in [1.29, 1.82) is 0 Å². The molecule has 0 aromatic carbocycles. The SMILES string of the molecule is CCNCc1cccnc1OC1CCC(C)CC1. The first-order valence-electron chi connectivity index (χ1n) is 7.11. The summed E-state index contributed by atoms with van der Waals surface area (Å²) in [4.78, 5) is 4.38. The van der Waals surface area contributed by atoms with Gasteiger partial charge in [-0.25, -0.2) is 4.98 Å². The molecule has 0 atom stereocenters. The van der Waals surface area contributed by atoms with Gasteiger partial charge >= 0.3 is 0 Å². The molecule has 1 fully saturated rings. The molecule has 1 aromatic heterocycles. The Hall–Kier alpha value is -1.09. The average molecular weight is 248 g/mol. The number of pyridine rings is 1. The number of ether oxygens (including phenoxy) is 1. The molecule has 1 aliphatic rings. The average Bonchev–Trinajstić information content (AvgIpc) is 2.40. The van der Waals surface area contributed by atoms with Gasteiger partial charge < -0.3 is 10.1 Å². The van der Waals surface area contributed by atoms with Gasteiger partial charge in [0.15, 0.2) is 0 Å². The highest BCUT2D eigenvalue weighted by atomic mass is 16.5. The van der Waals surface area contributed by atoms with E-state index in [9.17, 15) is 0 Å². The van der Waals surface area contributed by atoms with Crippen LogP contribution in [-0.2, 0) is 6.54 Å². The molecule has 0 spiro atoms. The van der Waals surface area contributed by atoms with Gasteiger partial charge in [-0.1, -0.05) is 19.9 Å². The summed E-state index contributed by atoms with van der Waals surface area (Å²) in [5.74, 6) is 1.67. The highest BCUT2D eigenvalue weighted by molar-refractivity contribution is 5.25. The minimum atomic E-state index is 0.358. The fourth-order valence-electron chi connectivity index (χ4n) is 2.43. The van der Waals surface area contributed by atoms with Gasteiger partial charge in [0.1, 0.15) is 6.10 Å². The Morgan fingerprint density at radius 3 is 2.83 bits per heavy atom. The summed E-state index contributed by atoms with van der Waals surface area (Å²) < 4.78 is 6.08. The van der Waals surface area contributed by atoms with Gasteiger partial charge in [0.05, 0.1) is 0 Å². The zero-order valence-electron chi connectivity index (χ0n) is 11.5. The Balaban J connectivity index is 1.95. The lowest BCUT2D eigenvalue weighted by Crippen LogP contribution is -2.24. The van der Waals surface area contributed by atoms with E-state index in [1.165, 1.54) is 25.7 Å². The topological polar surface area (TPSA) is 34.2 Å². The van der Waals surface area contributed by atoms with Gasteiger partial charge in [-0.2, -0.15) is 0 Å². The second-order valence-corrected chi connectivity index (χ2v) is 5.25. The second-order valence-electron chi connectivity index (χ2n) is 5.25. The molecule has 0 bridgehead atoms. The monoisotopic (exact) mass is 248 g/mol. The first-order chi connectivity index (χ1) is 8.79. The van der Waals surface area contributed by atoms with Gasteiger partial charge in [-0.3, -0.25) is 0 Å². The number of nitrogens with zero attached hydrogens (tertiary/aromatic N) is 1. The van der Waals surface area contributed by atoms with E-state index in [1.54, 1.807) is 0 Å². The van der Waals surface area contributed by atoms with Crippen LogP contribution in [0.5, 0.6) is 5.88 Å². The molecule has 3 heteroatoms. The quantitative estimate of drug-likeness (QED) is 0.869. The van der Waals surface area contributed by atoms with Crippen LogP contribution in [-0.4, -0.2) is 17.6 Å². The first-order valence-corrected chi connectivity index (χ1v) is 7.11. The van der Waals surface area contributed by atoms with Crippen LogP contribution in [0.1, 0.15) is 45.1 Å². The molecule has 0 aliphatic heterocycles. The predicted octanol–water partition coefficient (Wildman–Crippen LogP) is 3.15. The van der Waals surface area contributed by atoms with E-state index in [-0.39, 0.29) is 0 Å². The largest absolute Gasteiger partial charge is 0.474 e. The summed E-state index contributed by atoms with van der Waals surface area (Å²) >= 11 is 0. The third kappa shape index (κ3) is 3.70. The maximum absolute atomic E-state index is 6.08. The van der Waals surface area contributed by atoms with Crippen molar-refractivity contribution in [2.24, 2.45) is 5.92 Å². The third-order valence-electron chi connectivity index (χ3n) is 3.66. The Bertz CT molecular complexity index is 359. The van der Waals surface area contributed by atoms with E-state index >= 15 is 0 Å². The molecule has 2 rings (SSSR count). The Morgan fingerprint density at radius 2 is 2.11 bits per heavy atom. The van der Waals surface area contributed by atoms with Crippen molar-refractivity contribution in [2.45, 2.75) is 52.2 Å². The van der Waals surface area contributed by atoms with E-state index in [0.29, 0.717) is 6.10 Å². The minimum Gasteiger partial charge on any atom is -0.474 e. The molecule has 100 valence electrons. The second kappa shape index (κ2) is 6.74. The van der Waals surface area contributed by atoms with Gasteiger partial charge in [-0.05, 0) is 44.2 Å². The summed E-state index contributed by atoms with van der Waals surface area (Å²) in [6, 6.07) is 4.07. The molecule has 1 saturated carbocycles. The maximum atomic E-state index is 6.08. The van der Waals surface area contributed by atoms with Crippen molar-refractivity contribution in [1.82, 2.24) is 10.3 Å². The van der Waals surface area contributed by atoms with Crippen LogP contribution in [0.4, 0.5) is 0 Å². The highest BCUT2D eigenvalue weighted by Crippen LogP contribution is 2.27. The predicted molar refractivity (Wildman–Crippen MR) is 73.7 cm³/mol. The smallest absolute Gasteiger partial charge is 0.218 e. The molecular weight excluding hydrogens is 224 g/mol. The highest BCUT2D eigenvalue weighted by Gasteiger charge is 2.20. The number of rotatable bonds is 5. The lowest BCUT2D eigenvalue weighted by molar-refractivity contribution is 0.128. The van der Waals surface area contributed by atoms with Gasteiger partial charge in [0.25, 0.3) is 0 Å². The molecule has 0 saturated heterocycles. The van der Waals surface area contributed by atoms with Crippen molar-refractivity contribution >= 4 is 0 Å². The molecule has 1 N–H and O–H groups in total. The van der Waals surface area contributed by atoms with Crippen molar-refractivity contribution < 1.29 is 4.74 Å². The van der Waals surface area contributed by atoms with Crippen LogP contribution in [0.15, 0.2) is 18.3 Å². The van der Waals surface area contributed by atoms with Crippen molar-refractivity contribution in [3.63, 3.8) is 0 Å². The Morgan fingerprint density at radius 1 is 1.33 bits per heavy atom.